The van der Waals surface area contributed by atoms with Gasteiger partial charge in [-0.25, -0.2) is 0 Å². The predicted molar refractivity (Wildman–Crippen MR) is 76.5 cm³/mol. The molecule has 1 aromatic carbocycles. The maximum Gasteiger partial charge on any atom is 0.125 e. The first-order chi connectivity index (χ1) is 8.98. The van der Waals surface area contributed by atoms with Crippen LogP contribution in [0.4, 0.5) is 0 Å². The molecule has 0 amide bonds. The van der Waals surface area contributed by atoms with E-state index in [0.717, 1.165) is 23.1 Å². The quantitative estimate of drug-likeness (QED) is 0.792. The molecular formula is C15H25NO3. The normalized spacial score (nSPS) is 14.2. The summed E-state index contributed by atoms with van der Waals surface area (Å²) < 4.78 is 10.6. The molecule has 0 aliphatic carbocycles. The molecule has 0 aromatic heterocycles. The van der Waals surface area contributed by atoms with Crippen LogP contribution in [0.5, 0.6) is 5.75 Å². The molecule has 1 rings (SSSR count). The van der Waals surface area contributed by atoms with Crippen LogP contribution in [0.25, 0.3) is 0 Å². The van der Waals surface area contributed by atoms with E-state index in [-0.39, 0.29) is 6.61 Å². The van der Waals surface area contributed by atoms with Crippen molar-refractivity contribution in [2.75, 3.05) is 27.4 Å². The minimum atomic E-state index is -1.06. The Labute approximate surface area is 115 Å². The fourth-order valence-electron chi connectivity index (χ4n) is 2.59. The second kappa shape index (κ2) is 6.89. The summed E-state index contributed by atoms with van der Waals surface area (Å²) in [5.41, 5.74) is 7.42. The van der Waals surface area contributed by atoms with Gasteiger partial charge < -0.3 is 20.3 Å². The van der Waals surface area contributed by atoms with Gasteiger partial charge in [0.25, 0.3) is 0 Å². The lowest BCUT2D eigenvalue weighted by Gasteiger charge is -2.31. The molecule has 108 valence electrons. The smallest absolute Gasteiger partial charge is 0.125 e. The van der Waals surface area contributed by atoms with Gasteiger partial charge in [-0.2, -0.15) is 0 Å². The summed E-state index contributed by atoms with van der Waals surface area (Å²) in [6.07, 6.45) is 1.29. The van der Waals surface area contributed by atoms with Crippen LogP contribution >= 0.6 is 0 Å². The topological polar surface area (TPSA) is 64.7 Å². The summed E-state index contributed by atoms with van der Waals surface area (Å²) in [5, 5.41) is 10.9. The van der Waals surface area contributed by atoms with Gasteiger partial charge in [0, 0.05) is 12.7 Å². The van der Waals surface area contributed by atoms with E-state index in [1.165, 1.54) is 0 Å². The Bertz CT molecular complexity index is 420. The number of aryl methyl sites for hydroxylation is 2. The van der Waals surface area contributed by atoms with Crippen molar-refractivity contribution in [1.29, 1.82) is 0 Å². The molecule has 19 heavy (non-hydrogen) atoms. The molecule has 4 nitrogen and oxygen atoms in total. The van der Waals surface area contributed by atoms with Gasteiger partial charge in [-0.1, -0.05) is 6.07 Å². The van der Waals surface area contributed by atoms with E-state index < -0.39 is 5.60 Å². The van der Waals surface area contributed by atoms with Crippen LogP contribution in [0.15, 0.2) is 12.1 Å². The molecule has 0 fully saturated rings. The molecule has 0 aliphatic rings. The second-order valence-corrected chi connectivity index (χ2v) is 5.02. The van der Waals surface area contributed by atoms with Crippen LogP contribution in [0.2, 0.25) is 0 Å². The lowest BCUT2D eigenvalue weighted by atomic mass is 9.85. The van der Waals surface area contributed by atoms with E-state index in [4.69, 9.17) is 15.2 Å². The number of nitrogens with two attached hydrogens (primary N) is 1. The van der Waals surface area contributed by atoms with Crippen molar-refractivity contribution in [3.8, 4) is 5.75 Å². The van der Waals surface area contributed by atoms with Crippen LogP contribution in [-0.2, 0) is 10.3 Å². The average molecular weight is 267 g/mol. The molecule has 3 N–H and O–H groups in total. The Morgan fingerprint density at radius 2 is 1.95 bits per heavy atom. The SMILES string of the molecule is COCC(O)(CCCN)c1c(C)cc(C)cc1OC. The first kappa shape index (κ1) is 16.0. The summed E-state index contributed by atoms with van der Waals surface area (Å²) in [5.74, 6) is 0.703. The highest BCUT2D eigenvalue weighted by Gasteiger charge is 2.33. The number of aliphatic hydroxyl groups is 1. The number of benzene rings is 1. The fraction of sp³-hybridized carbons (Fsp3) is 0.600. The summed E-state index contributed by atoms with van der Waals surface area (Å²) >= 11 is 0. The monoisotopic (exact) mass is 267 g/mol. The van der Waals surface area contributed by atoms with Gasteiger partial charge >= 0.3 is 0 Å². The summed E-state index contributed by atoms with van der Waals surface area (Å²) in [7, 11) is 3.21. The molecule has 0 aliphatic heterocycles. The van der Waals surface area contributed by atoms with Gasteiger partial charge in [-0.05, 0) is 50.4 Å². The zero-order valence-electron chi connectivity index (χ0n) is 12.3. The standard InChI is InChI=1S/C15H25NO3/c1-11-8-12(2)14(13(9-11)19-4)15(17,10-18-3)6-5-7-16/h8-9,17H,5-7,10,16H2,1-4H3. The Morgan fingerprint density at radius 3 is 2.47 bits per heavy atom. The van der Waals surface area contributed by atoms with E-state index in [2.05, 4.69) is 0 Å². The van der Waals surface area contributed by atoms with Crippen molar-refractivity contribution >= 4 is 0 Å². The number of ether oxygens (including phenoxy) is 2. The van der Waals surface area contributed by atoms with Crippen LogP contribution < -0.4 is 10.5 Å². The number of methoxy groups -OCH3 is 2. The Balaban J connectivity index is 3.28. The van der Waals surface area contributed by atoms with Crippen molar-refractivity contribution in [2.45, 2.75) is 32.3 Å². The lowest BCUT2D eigenvalue weighted by molar-refractivity contribution is -0.0447. The van der Waals surface area contributed by atoms with Crippen LogP contribution in [0.3, 0.4) is 0 Å². The zero-order valence-corrected chi connectivity index (χ0v) is 12.3. The molecule has 0 saturated carbocycles. The molecule has 1 aromatic rings. The maximum absolute atomic E-state index is 10.9. The Hall–Kier alpha value is -1.10. The Kier molecular flexibility index (Phi) is 5.79. The van der Waals surface area contributed by atoms with Gasteiger partial charge in [0.1, 0.15) is 11.4 Å². The van der Waals surface area contributed by atoms with Crippen molar-refractivity contribution < 1.29 is 14.6 Å². The van der Waals surface area contributed by atoms with Crippen LogP contribution in [0.1, 0.15) is 29.5 Å². The number of hydrogen-bond acceptors (Lipinski definition) is 4. The van der Waals surface area contributed by atoms with E-state index in [1.807, 2.05) is 26.0 Å². The van der Waals surface area contributed by atoms with Crippen molar-refractivity contribution in [3.63, 3.8) is 0 Å². The Morgan fingerprint density at radius 1 is 1.26 bits per heavy atom. The third-order valence-corrected chi connectivity index (χ3v) is 3.31. The van der Waals surface area contributed by atoms with Crippen LogP contribution in [-0.4, -0.2) is 32.5 Å². The molecule has 1 atom stereocenters. The highest BCUT2D eigenvalue weighted by molar-refractivity contribution is 5.46. The summed E-state index contributed by atoms with van der Waals surface area (Å²) in [4.78, 5) is 0. The highest BCUT2D eigenvalue weighted by atomic mass is 16.5. The molecule has 4 heteroatoms. The van der Waals surface area contributed by atoms with E-state index in [9.17, 15) is 5.11 Å². The molecule has 0 bridgehead atoms. The number of rotatable bonds is 7. The fourth-order valence-corrected chi connectivity index (χ4v) is 2.59. The average Bonchev–Trinajstić information content (AvgIpc) is 2.35. The van der Waals surface area contributed by atoms with Gasteiger partial charge in [-0.15, -0.1) is 0 Å². The van der Waals surface area contributed by atoms with Crippen LogP contribution in [0, 0.1) is 13.8 Å². The molecule has 0 saturated heterocycles. The summed E-state index contributed by atoms with van der Waals surface area (Å²) in [6.45, 7) is 4.76. The maximum atomic E-state index is 10.9. The molecular weight excluding hydrogens is 242 g/mol. The molecule has 1 unspecified atom stereocenters. The lowest BCUT2D eigenvalue weighted by Crippen LogP contribution is -2.33. The van der Waals surface area contributed by atoms with E-state index >= 15 is 0 Å². The van der Waals surface area contributed by atoms with Gasteiger partial charge in [0.15, 0.2) is 0 Å². The van der Waals surface area contributed by atoms with Crippen molar-refractivity contribution in [3.05, 3.63) is 28.8 Å². The van der Waals surface area contributed by atoms with Gasteiger partial charge in [-0.3, -0.25) is 0 Å². The number of hydrogen-bond donors (Lipinski definition) is 2. The first-order valence-electron chi connectivity index (χ1n) is 6.55. The first-order valence-corrected chi connectivity index (χ1v) is 6.55. The highest BCUT2D eigenvalue weighted by Crippen LogP contribution is 2.37. The predicted octanol–water partition coefficient (Wildman–Crippen LogP) is 1.88. The van der Waals surface area contributed by atoms with E-state index in [0.29, 0.717) is 18.7 Å². The molecule has 0 radical (unpaired) electrons. The molecule has 0 heterocycles. The third-order valence-electron chi connectivity index (χ3n) is 3.31. The van der Waals surface area contributed by atoms with Gasteiger partial charge in [0.2, 0.25) is 0 Å². The minimum Gasteiger partial charge on any atom is -0.496 e. The summed E-state index contributed by atoms with van der Waals surface area (Å²) in [6, 6.07) is 3.98. The zero-order chi connectivity index (χ0) is 14.5. The third kappa shape index (κ3) is 3.69. The van der Waals surface area contributed by atoms with Crippen molar-refractivity contribution in [1.82, 2.24) is 0 Å². The van der Waals surface area contributed by atoms with Crippen molar-refractivity contribution in [2.24, 2.45) is 5.73 Å². The van der Waals surface area contributed by atoms with E-state index in [1.54, 1.807) is 14.2 Å². The second-order valence-electron chi connectivity index (χ2n) is 5.02. The minimum absolute atomic E-state index is 0.229. The molecule has 0 spiro atoms. The van der Waals surface area contributed by atoms with Gasteiger partial charge in [0.05, 0.1) is 13.7 Å². The largest absolute Gasteiger partial charge is 0.496 e.